The second-order valence-electron chi connectivity index (χ2n) is 10.2. The van der Waals surface area contributed by atoms with E-state index >= 15 is 0 Å². The first-order valence-corrected chi connectivity index (χ1v) is 15.1. The summed E-state index contributed by atoms with van der Waals surface area (Å²) in [5.41, 5.74) is 6.35. The maximum Gasteiger partial charge on any atom is 0.240 e. The van der Waals surface area contributed by atoms with E-state index in [4.69, 9.17) is 14.6 Å². The molecule has 42 heavy (non-hydrogen) atoms. The first-order valence-electron chi connectivity index (χ1n) is 14.0. The molecule has 8 nitrogen and oxygen atoms in total. The molecule has 0 saturated heterocycles. The van der Waals surface area contributed by atoms with Crippen LogP contribution in [0.25, 0.3) is 16.9 Å². The number of aryl methyl sites for hydroxylation is 1. The van der Waals surface area contributed by atoms with Gasteiger partial charge in [0.15, 0.2) is 0 Å². The molecule has 1 aliphatic heterocycles. The average Bonchev–Trinajstić information content (AvgIpc) is 3.33. The summed E-state index contributed by atoms with van der Waals surface area (Å²) in [6.45, 7) is 6.53. The van der Waals surface area contributed by atoms with Crippen LogP contribution in [0.3, 0.4) is 0 Å². The molecule has 2 heterocycles. The highest BCUT2D eigenvalue weighted by atomic mass is 32.2. The van der Waals surface area contributed by atoms with Gasteiger partial charge in [-0.05, 0) is 55.7 Å². The second kappa shape index (κ2) is 12.7. The van der Waals surface area contributed by atoms with E-state index in [0.29, 0.717) is 23.9 Å². The lowest BCUT2D eigenvalue weighted by atomic mass is 9.98. The van der Waals surface area contributed by atoms with E-state index in [1.807, 2.05) is 72.3 Å². The van der Waals surface area contributed by atoms with Gasteiger partial charge in [0, 0.05) is 23.2 Å². The van der Waals surface area contributed by atoms with Gasteiger partial charge < -0.3 is 14.8 Å². The Labute approximate surface area is 251 Å². The molecule has 1 atom stereocenters. The lowest BCUT2D eigenvalue weighted by Gasteiger charge is -2.24. The fourth-order valence-corrected chi connectivity index (χ4v) is 6.43. The molecule has 0 fully saturated rings. The molecule has 0 radical (unpaired) electrons. The topological polar surface area (TPSA) is 85.7 Å². The number of benzene rings is 3. The van der Waals surface area contributed by atoms with Crippen LogP contribution >= 0.6 is 11.8 Å². The minimum atomic E-state index is -0.341. The van der Waals surface area contributed by atoms with Gasteiger partial charge in [-0.2, -0.15) is 5.10 Å². The number of aromatic nitrogens is 2. The minimum Gasteiger partial charge on any atom is -0.497 e. The van der Waals surface area contributed by atoms with Crippen LogP contribution < -0.4 is 19.7 Å². The third-order valence-corrected chi connectivity index (χ3v) is 8.77. The summed E-state index contributed by atoms with van der Waals surface area (Å²) < 4.78 is 13.3. The molecule has 0 bridgehead atoms. The summed E-state index contributed by atoms with van der Waals surface area (Å²) in [7, 11) is 3.27. The van der Waals surface area contributed by atoms with E-state index in [9.17, 15) is 9.59 Å². The molecule has 1 aromatic heterocycles. The van der Waals surface area contributed by atoms with Crippen molar-refractivity contribution in [2.75, 3.05) is 38.0 Å². The van der Waals surface area contributed by atoms with Gasteiger partial charge >= 0.3 is 0 Å². The summed E-state index contributed by atoms with van der Waals surface area (Å²) in [5.74, 6) is 1.74. The number of rotatable bonds is 9. The third kappa shape index (κ3) is 5.61. The zero-order valence-electron chi connectivity index (χ0n) is 24.6. The van der Waals surface area contributed by atoms with E-state index in [0.717, 1.165) is 45.6 Å². The molecule has 0 aliphatic carbocycles. The fourth-order valence-electron chi connectivity index (χ4n) is 5.22. The molecule has 0 unspecified atom stereocenters. The van der Waals surface area contributed by atoms with Crippen molar-refractivity contribution in [1.29, 1.82) is 0 Å². The maximum absolute atomic E-state index is 13.9. The zero-order valence-corrected chi connectivity index (χ0v) is 25.5. The van der Waals surface area contributed by atoms with Crippen molar-refractivity contribution in [3.63, 3.8) is 0 Å². The molecule has 1 N–H and O–H groups in total. The van der Waals surface area contributed by atoms with Gasteiger partial charge in [-0.1, -0.05) is 49.4 Å². The number of carbonyl (C=O) groups is 2. The van der Waals surface area contributed by atoms with Crippen molar-refractivity contribution in [2.45, 2.75) is 32.4 Å². The van der Waals surface area contributed by atoms with E-state index in [2.05, 4.69) is 25.2 Å². The molecule has 4 aromatic rings. The van der Waals surface area contributed by atoms with E-state index in [1.165, 1.54) is 11.8 Å². The summed E-state index contributed by atoms with van der Waals surface area (Å²) in [4.78, 5) is 28.7. The molecular formula is C33H36N4O4S. The van der Waals surface area contributed by atoms with Gasteiger partial charge in [0.25, 0.3) is 0 Å². The molecule has 1 aliphatic rings. The number of thioether (sulfide) groups is 1. The third-order valence-electron chi connectivity index (χ3n) is 7.53. The number of methoxy groups -OCH3 is 2. The fraction of sp³-hybridized carbons (Fsp3) is 0.303. The first-order chi connectivity index (χ1) is 20.4. The number of hydrogen-bond donors (Lipinski definition) is 1. The highest BCUT2D eigenvalue weighted by molar-refractivity contribution is 8.00. The SMILES string of the molecule is CCCNC(=O)CN1C(=O)CS[C@@H](c2cc(OC)ccc2OC)c2c(-c3ccccc3)nn(-c3cccc(C)c3C)c21. The van der Waals surface area contributed by atoms with Crippen molar-refractivity contribution in [2.24, 2.45) is 0 Å². The number of anilines is 1. The summed E-state index contributed by atoms with van der Waals surface area (Å²) in [6, 6.07) is 21.7. The van der Waals surface area contributed by atoms with Crippen LogP contribution in [0, 0.1) is 13.8 Å². The Morgan fingerprint density at radius 3 is 2.55 bits per heavy atom. The molecule has 0 saturated carbocycles. The van der Waals surface area contributed by atoms with Crippen LogP contribution in [-0.4, -0.2) is 54.7 Å². The standard InChI is InChI=1S/C33H36N4O4S/c1-6-17-34-28(38)19-36-29(39)20-42-32(25-18-24(40-4)15-16-27(25)41-5)30-31(23-12-8-7-9-13-23)35-37(33(30)36)26-14-10-11-21(2)22(26)3/h7-16,18,32H,6,17,19-20H2,1-5H3,(H,34,38)/t32-/m0/s1. The Hall–Kier alpha value is -4.24. The molecule has 0 spiro atoms. The van der Waals surface area contributed by atoms with Crippen LogP contribution in [0.5, 0.6) is 11.5 Å². The molecule has 2 amide bonds. The molecule has 3 aromatic carbocycles. The highest BCUT2D eigenvalue weighted by Gasteiger charge is 2.39. The van der Waals surface area contributed by atoms with Gasteiger partial charge in [-0.25, -0.2) is 4.68 Å². The van der Waals surface area contributed by atoms with Gasteiger partial charge in [0.1, 0.15) is 23.9 Å². The quantitative estimate of drug-likeness (QED) is 0.265. The number of carbonyl (C=O) groups excluding carboxylic acids is 2. The van der Waals surface area contributed by atoms with Gasteiger partial charge in [-0.3, -0.25) is 14.5 Å². The monoisotopic (exact) mass is 584 g/mol. The van der Waals surface area contributed by atoms with Crippen molar-refractivity contribution in [1.82, 2.24) is 15.1 Å². The number of ether oxygens (including phenoxy) is 2. The minimum absolute atomic E-state index is 0.112. The van der Waals surface area contributed by atoms with Crippen molar-refractivity contribution < 1.29 is 19.1 Å². The number of amides is 2. The lowest BCUT2D eigenvalue weighted by molar-refractivity contribution is -0.122. The Morgan fingerprint density at radius 1 is 1.05 bits per heavy atom. The van der Waals surface area contributed by atoms with Crippen LogP contribution in [0.15, 0.2) is 66.7 Å². The predicted octanol–water partition coefficient (Wildman–Crippen LogP) is 5.87. The van der Waals surface area contributed by atoms with E-state index in [1.54, 1.807) is 19.1 Å². The van der Waals surface area contributed by atoms with Crippen LogP contribution in [0.1, 0.15) is 40.8 Å². The van der Waals surface area contributed by atoms with Crippen molar-refractivity contribution >= 4 is 29.4 Å². The second-order valence-corrected chi connectivity index (χ2v) is 11.3. The predicted molar refractivity (Wildman–Crippen MR) is 168 cm³/mol. The van der Waals surface area contributed by atoms with Gasteiger partial charge in [-0.15, -0.1) is 11.8 Å². The Bertz CT molecular complexity index is 1600. The first kappa shape index (κ1) is 29.3. The lowest BCUT2D eigenvalue weighted by Crippen LogP contribution is -2.42. The molecule has 5 rings (SSSR count). The molecule has 9 heteroatoms. The van der Waals surface area contributed by atoms with Crippen LogP contribution in [0.4, 0.5) is 5.82 Å². The molecule has 218 valence electrons. The van der Waals surface area contributed by atoms with E-state index in [-0.39, 0.29) is 29.4 Å². The average molecular weight is 585 g/mol. The van der Waals surface area contributed by atoms with Gasteiger partial charge in [0.2, 0.25) is 11.8 Å². The van der Waals surface area contributed by atoms with Gasteiger partial charge in [0.05, 0.1) is 36.6 Å². The Kier molecular flexibility index (Phi) is 8.87. The Morgan fingerprint density at radius 2 is 1.83 bits per heavy atom. The highest BCUT2D eigenvalue weighted by Crippen LogP contribution is 2.51. The number of nitrogens with zero attached hydrogens (tertiary/aromatic N) is 3. The normalized spacial score (nSPS) is 14.7. The number of hydrogen-bond acceptors (Lipinski definition) is 6. The number of nitrogens with one attached hydrogen (secondary N) is 1. The zero-order chi connectivity index (χ0) is 29.8. The Balaban J connectivity index is 1.85. The smallest absolute Gasteiger partial charge is 0.240 e. The number of fused-ring (bicyclic) bond motifs is 1. The summed E-state index contributed by atoms with van der Waals surface area (Å²) >= 11 is 1.50. The maximum atomic E-state index is 13.9. The molecular weight excluding hydrogens is 548 g/mol. The van der Waals surface area contributed by atoms with E-state index < -0.39 is 0 Å². The van der Waals surface area contributed by atoms with Crippen LogP contribution in [-0.2, 0) is 9.59 Å². The largest absolute Gasteiger partial charge is 0.497 e. The summed E-state index contributed by atoms with van der Waals surface area (Å²) in [5, 5.41) is 7.81. The summed E-state index contributed by atoms with van der Waals surface area (Å²) in [6.07, 6.45) is 0.803. The van der Waals surface area contributed by atoms with Crippen molar-refractivity contribution in [3.05, 3.63) is 89.0 Å². The van der Waals surface area contributed by atoms with Crippen LogP contribution in [0.2, 0.25) is 0 Å². The van der Waals surface area contributed by atoms with Crippen molar-refractivity contribution in [3.8, 4) is 28.4 Å².